The standard InChI is InChI=1S/C10H21N3O2S/c1-3-16(14,15)9-6-12-10(11-2)13-7-4-5-8-13/h3-9H2,1-2H3,(H,11,12). The number of likely N-dealkylation sites (tertiary alicyclic amines) is 1. The van der Waals surface area contributed by atoms with Gasteiger partial charge >= 0.3 is 0 Å². The van der Waals surface area contributed by atoms with Gasteiger partial charge in [-0.05, 0) is 12.8 Å². The van der Waals surface area contributed by atoms with E-state index in [1.807, 2.05) is 0 Å². The van der Waals surface area contributed by atoms with Crippen LogP contribution in [-0.2, 0) is 9.84 Å². The van der Waals surface area contributed by atoms with Crippen molar-refractivity contribution in [1.29, 1.82) is 0 Å². The van der Waals surface area contributed by atoms with Crippen LogP contribution in [-0.4, -0.2) is 57.5 Å². The average molecular weight is 247 g/mol. The predicted octanol–water partition coefficient (Wildman–Crippen LogP) is 0.0923. The Balaban J connectivity index is 2.35. The Morgan fingerprint density at radius 2 is 2.00 bits per heavy atom. The Labute approximate surface area is 97.8 Å². The minimum Gasteiger partial charge on any atom is -0.355 e. The minimum atomic E-state index is -2.88. The second kappa shape index (κ2) is 6.08. The lowest BCUT2D eigenvalue weighted by atomic mass is 10.4. The molecule has 1 saturated heterocycles. The first kappa shape index (κ1) is 13.3. The molecule has 0 aromatic rings. The molecule has 6 heteroatoms. The second-order valence-corrected chi connectivity index (χ2v) is 6.38. The molecular weight excluding hydrogens is 226 g/mol. The Morgan fingerprint density at radius 3 is 2.50 bits per heavy atom. The molecule has 0 radical (unpaired) electrons. The molecule has 0 saturated carbocycles. The van der Waals surface area contributed by atoms with Gasteiger partial charge in [-0.15, -0.1) is 0 Å². The predicted molar refractivity (Wildman–Crippen MR) is 66.5 cm³/mol. The lowest BCUT2D eigenvalue weighted by Crippen LogP contribution is -2.41. The highest BCUT2D eigenvalue weighted by atomic mass is 32.2. The van der Waals surface area contributed by atoms with Gasteiger partial charge in [0.15, 0.2) is 15.8 Å². The van der Waals surface area contributed by atoms with E-state index in [0.717, 1.165) is 19.0 Å². The molecule has 0 amide bonds. The fraction of sp³-hybridized carbons (Fsp3) is 0.900. The largest absolute Gasteiger partial charge is 0.355 e. The fourth-order valence-corrected chi connectivity index (χ4v) is 2.43. The van der Waals surface area contributed by atoms with Crippen molar-refractivity contribution in [2.45, 2.75) is 19.8 Å². The fourth-order valence-electron chi connectivity index (χ4n) is 1.72. The maximum absolute atomic E-state index is 11.3. The molecule has 0 aliphatic carbocycles. The van der Waals surface area contributed by atoms with Gasteiger partial charge in [0.1, 0.15) is 0 Å². The van der Waals surface area contributed by atoms with Crippen molar-refractivity contribution < 1.29 is 8.42 Å². The summed E-state index contributed by atoms with van der Waals surface area (Å²) in [6.45, 7) is 4.14. The summed E-state index contributed by atoms with van der Waals surface area (Å²) in [5.74, 6) is 1.21. The summed E-state index contributed by atoms with van der Waals surface area (Å²) in [6.07, 6.45) is 2.38. The van der Waals surface area contributed by atoms with Gasteiger partial charge in [0.05, 0.1) is 5.75 Å². The van der Waals surface area contributed by atoms with Crippen molar-refractivity contribution in [2.75, 3.05) is 38.2 Å². The molecule has 0 aromatic heterocycles. The average Bonchev–Trinajstić information content (AvgIpc) is 2.78. The quantitative estimate of drug-likeness (QED) is 0.565. The maximum atomic E-state index is 11.3. The number of hydrogen-bond donors (Lipinski definition) is 1. The van der Waals surface area contributed by atoms with Crippen molar-refractivity contribution >= 4 is 15.8 Å². The molecule has 0 spiro atoms. The molecule has 1 aliphatic heterocycles. The monoisotopic (exact) mass is 247 g/mol. The SMILES string of the molecule is CCS(=O)(=O)CCNC(=NC)N1CCCC1. The van der Waals surface area contributed by atoms with Crippen LogP contribution < -0.4 is 5.32 Å². The molecule has 1 fully saturated rings. The van der Waals surface area contributed by atoms with Crippen LogP contribution in [0.2, 0.25) is 0 Å². The van der Waals surface area contributed by atoms with Crippen LogP contribution in [0.15, 0.2) is 4.99 Å². The molecule has 1 heterocycles. The summed E-state index contributed by atoms with van der Waals surface area (Å²) >= 11 is 0. The van der Waals surface area contributed by atoms with E-state index in [1.165, 1.54) is 12.8 Å². The van der Waals surface area contributed by atoms with Gasteiger partial charge in [0.2, 0.25) is 0 Å². The van der Waals surface area contributed by atoms with Gasteiger partial charge < -0.3 is 10.2 Å². The molecule has 0 aromatic carbocycles. The van der Waals surface area contributed by atoms with Crippen molar-refractivity contribution in [2.24, 2.45) is 4.99 Å². The van der Waals surface area contributed by atoms with E-state index in [9.17, 15) is 8.42 Å². The number of guanidine groups is 1. The lowest BCUT2D eigenvalue weighted by molar-refractivity contribution is 0.496. The van der Waals surface area contributed by atoms with Gasteiger partial charge in [-0.25, -0.2) is 8.42 Å². The van der Waals surface area contributed by atoms with Gasteiger partial charge in [-0.3, -0.25) is 4.99 Å². The number of hydrogen-bond acceptors (Lipinski definition) is 3. The first-order valence-electron chi connectivity index (χ1n) is 5.75. The van der Waals surface area contributed by atoms with Crippen LogP contribution in [0.1, 0.15) is 19.8 Å². The van der Waals surface area contributed by atoms with Crippen LogP contribution in [0.5, 0.6) is 0 Å². The molecule has 0 unspecified atom stereocenters. The number of sulfone groups is 1. The zero-order valence-electron chi connectivity index (χ0n) is 10.1. The van der Waals surface area contributed by atoms with Crippen LogP contribution in [0.3, 0.4) is 0 Å². The molecular formula is C10H21N3O2S. The van der Waals surface area contributed by atoms with E-state index in [4.69, 9.17) is 0 Å². The summed E-state index contributed by atoms with van der Waals surface area (Å²) in [5.41, 5.74) is 0. The van der Waals surface area contributed by atoms with Gasteiger partial charge in [-0.1, -0.05) is 6.92 Å². The van der Waals surface area contributed by atoms with Crippen LogP contribution in [0.4, 0.5) is 0 Å². The zero-order chi connectivity index (χ0) is 12.0. The first-order chi connectivity index (χ1) is 7.59. The first-order valence-corrected chi connectivity index (χ1v) is 7.57. The van der Waals surface area contributed by atoms with Gasteiger partial charge in [0.25, 0.3) is 0 Å². The van der Waals surface area contributed by atoms with Crippen LogP contribution >= 0.6 is 0 Å². The summed E-state index contributed by atoms with van der Waals surface area (Å²) < 4.78 is 22.6. The third-order valence-corrected chi connectivity index (χ3v) is 4.46. The normalized spacial score (nSPS) is 17.9. The zero-order valence-corrected chi connectivity index (χ0v) is 10.9. The van der Waals surface area contributed by atoms with E-state index < -0.39 is 9.84 Å². The van der Waals surface area contributed by atoms with Gasteiger partial charge in [-0.2, -0.15) is 0 Å². The maximum Gasteiger partial charge on any atom is 0.193 e. The second-order valence-electron chi connectivity index (χ2n) is 3.90. The molecule has 94 valence electrons. The van der Waals surface area contributed by atoms with E-state index in [-0.39, 0.29) is 11.5 Å². The minimum absolute atomic E-state index is 0.177. The van der Waals surface area contributed by atoms with E-state index in [2.05, 4.69) is 15.2 Å². The molecule has 0 atom stereocenters. The topological polar surface area (TPSA) is 61.8 Å². The Kier molecular flexibility index (Phi) is 5.05. The van der Waals surface area contributed by atoms with Crippen molar-refractivity contribution in [3.8, 4) is 0 Å². The van der Waals surface area contributed by atoms with Crippen molar-refractivity contribution in [1.82, 2.24) is 10.2 Å². The molecule has 1 N–H and O–H groups in total. The molecule has 16 heavy (non-hydrogen) atoms. The Morgan fingerprint density at radius 1 is 1.38 bits per heavy atom. The highest BCUT2D eigenvalue weighted by molar-refractivity contribution is 7.91. The third-order valence-electron chi connectivity index (χ3n) is 2.75. The highest BCUT2D eigenvalue weighted by Crippen LogP contribution is 2.06. The van der Waals surface area contributed by atoms with E-state index in [0.29, 0.717) is 6.54 Å². The number of rotatable bonds is 4. The summed E-state index contributed by atoms with van der Waals surface area (Å²) in [6, 6.07) is 0. The summed E-state index contributed by atoms with van der Waals surface area (Å²) in [4.78, 5) is 6.32. The lowest BCUT2D eigenvalue weighted by Gasteiger charge is -2.20. The number of nitrogens with zero attached hydrogens (tertiary/aromatic N) is 2. The molecule has 1 rings (SSSR count). The van der Waals surface area contributed by atoms with E-state index >= 15 is 0 Å². The smallest absolute Gasteiger partial charge is 0.193 e. The highest BCUT2D eigenvalue weighted by Gasteiger charge is 2.16. The Hall–Kier alpha value is -0.780. The van der Waals surface area contributed by atoms with Gasteiger partial charge in [0, 0.05) is 32.4 Å². The molecule has 5 nitrogen and oxygen atoms in total. The number of aliphatic imine (C=N–C) groups is 1. The van der Waals surface area contributed by atoms with E-state index in [1.54, 1.807) is 14.0 Å². The third kappa shape index (κ3) is 4.00. The van der Waals surface area contributed by atoms with Crippen molar-refractivity contribution in [3.63, 3.8) is 0 Å². The summed E-state index contributed by atoms with van der Waals surface area (Å²) in [5, 5.41) is 3.10. The summed E-state index contributed by atoms with van der Waals surface area (Å²) in [7, 11) is -1.15. The van der Waals surface area contributed by atoms with Crippen molar-refractivity contribution in [3.05, 3.63) is 0 Å². The van der Waals surface area contributed by atoms with Crippen LogP contribution in [0.25, 0.3) is 0 Å². The van der Waals surface area contributed by atoms with Crippen LogP contribution in [0, 0.1) is 0 Å². The molecule has 1 aliphatic rings. The Bertz CT molecular complexity index is 332. The number of nitrogens with one attached hydrogen (secondary N) is 1. The molecule has 0 bridgehead atoms.